The number of benzene rings is 2. The number of fused-ring (bicyclic) bond motifs is 1. The predicted molar refractivity (Wildman–Crippen MR) is 132 cm³/mol. The monoisotopic (exact) mass is 518 g/mol. The van der Waals surface area contributed by atoms with Crippen LogP contribution in [0.5, 0.6) is 17.2 Å². The van der Waals surface area contributed by atoms with Crippen LogP contribution in [0, 0.1) is 5.92 Å². The summed E-state index contributed by atoms with van der Waals surface area (Å²) in [5.74, 6) is 0.448. The number of ether oxygens (including phenoxy) is 6. The Balaban J connectivity index is 1.76. The van der Waals surface area contributed by atoms with Gasteiger partial charge in [-0.1, -0.05) is 30.7 Å². The molecule has 0 radical (unpaired) electrons. The van der Waals surface area contributed by atoms with E-state index in [1.54, 1.807) is 0 Å². The summed E-state index contributed by atoms with van der Waals surface area (Å²) >= 11 is 6.74. The highest BCUT2D eigenvalue weighted by molar-refractivity contribution is 6.33. The lowest BCUT2D eigenvalue weighted by atomic mass is 9.85. The summed E-state index contributed by atoms with van der Waals surface area (Å²) in [6.07, 6.45) is -2.14. The molecule has 5 atom stereocenters. The zero-order chi connectivity index (χ0) is 26.0. The van der Waals surface area contributed by atoms with Gasteiger partial charge in [0, 0.05) is 25.3 Å². The maximum atomic E-state index is 12.1. The van der Waals surface area contributed by atoms with Crippen LogP contribution in [0.15, 0.2) is 30.3 Å². The van der Waals surface area contributed by atoms with E-state index in [2.05, 4.69) is 0 Å². The first kappa shape index (κ1) is 26.1. The van der Waals surface area contributed by atoms with Crippen LogP contribution in [0.2, 0.25) is 5.02 Å². The van der Waals surface area contributed by atoms with Gasteiger partial charge in [0.2, 0.25) is 6.79 Å². The molecular formula is C27H31ClO8. The van der Waals surface area contributed by atoms with Crippen molar-refractivity contribution in [1.29, 1.82) is 0 Å². The highest BCUT2D eigenvalue weighted by Gasteiger charge is 2.48. The summed E-state index contributed by atoms with van der Waals surface area (Å²) in [6.45, 7) is 8.96. The Labute approximate surface area is 215 Å². The third-order valence-electron chi connectivity index (χ3n) is 6.47. The number of halogens is 1. The van der Waals surface area contributed by atoms with Gasteiger partial charge in [-0.15, -0.1) is 0 Å². The fourth-order valence-corrected chi connectivity index (χ4v) is 4.92. The third kappa shape index (κ3) is 5.39. The van der Waals surface area contributed by atoms with E-state index in [0.717, 1.165) is 16.9 Å². The Morgan fingerprint density at radius 1 is 1.00 bits per heavy atom. The number of carbonyl (C=O) groups excluding carboxylic acids is 2. The largest absolute Gasteiger partial charge is 0.494 e. The second-order valence-electron chi connectivity index (χ2n) is 9.03. The second-order valence-corrected chi connectivity index (χ2v) is 9.40. The molecule has 0 bridgehead atoms. The van der Waals surface area contributed by atoms with Crippen LogP contribution in [0.25, 0.3) is 0 Å². The van der Waals surface area contributed by atoms with Crippen molar-refractivity contribution in [2.24, 2.45) is 5.92 Å². The van der Waals surface area contributed by atoms with E-state index in [1.807, 2.05) is 51.1 Å². The Morgan fingerprint density at radius 2 is 1.64 bits per heavy atom. The van der Waals surface area contributed by atoms with Gasteiger partial charge in [-0.3, -0.25) is 9.59 Å². The van der Waals surface area contributed by atoms with Gasteiger partial charge in [-0.05, 0) is 49.6 Å². The Bertz CT molecular complexity index is 1120. The summed E-state index contributed by atoms with van der Waals surface area (Å²) in [7, 11) is 0. The predicted octanol–water partition coefficient (Wildman–Crippen LogP) is 5.02. The summed E-state index contributed by atoms with van der Waals surface area (Å²) in [6, 6.07) is 9.67. The molecule has 0 unspecified atom stereocenters. The molecular weight excluding hydrogens is 488 g/mol. The lowest BCUT2D eigenvalue weighted by Gasteiger charge is -2.43. The molecule has 1 fully saturated rings. The molecule has 0 saturated carbocycles. The highest BCUT2D eigenvalue weighted by Crippen LogP contribution is 2.50. The van der Waals surface area contributed by atoms with E-state index in [0.29, 0.717) is 35.1 Å². The zero-order valence-corrected chi connectivity index (χ0v) is 21.8. The van der Waals surface area contributed by atoms with Crippen molar-refractivity contribution in [3.05, 3.63) is 52.0 Å². The average molecular weight is 519 g/mol. The van der Waals surface area contributed by atoms with Crippen molar-refractivity contribution >= 4 is 23.5 Å². The van der Waals surface area contributed by atoms with Gasteiger partial charge in [0.15, 0.2) is 17.6 Å². The SMILES string of the molecule is CCOc1ccc(Cc2cc([C@@H]3O[C@H](C)[C@@H](C)[C@H](OC(C)=O)[C@H]3OC(C)=O)c3c(c2Cl)OCO3)cc1. The molecule has 0 spiro atoms. The van der Waals surface area contributed by atoms with Crippen molar-refractivity contribution in [3.63, 3.8) is 0 Å². The van der Waals surface area contributed by atoms with E-state index in [1.165, 1.54) is 13.8 Å². The standard InChI is InChI=1S/C27H31ClO8/c1-6-31-20-9-7-18(8-10-20)11-19-12-21(24-26(22(19)28)33-13-32-24)25-27(36-17(5)30)23(35-16(4)29)14(2)15(3)34-25/h7-10,12,14-15,23,25,27H,6,11,13H2,1-5H3/t14-,15-,23+,25+,27-/m1/s1. The number of hydrogen-bond acceptors (Lipinski definition) is 8. The molecule has 0 aliphatic carbocycles. The molecule has 2 aliphatic rings. The van der Waals surface area contributed by atoms with Crippen LogP contribution in [-0.4, -0.2) is 43.7 Å². The fourth-order valence-electron chi connectivity index (χ4n) is 4.66. The van der Waals surface area contributed by atoms with Gasteiger partial charge in [0.05, 0.1) is 17.7 Å². The molecule has 2 aromatic rings. The van der Waals surface area contributed by atoms with Gasteiger partial charge in [-0.2, -0.15) is 0 Å². The lowest BCUT2D eigenvalue weighted by molar-refractivity contribution is -0.222. The molecule has 0 aromatic heterocycles. The molecule has 1 saturated heterocycles. The molecule has 0 N–H and O–H groups in total. The molecule has 9 heteroatoms. The number of carbonyl (C=O) groups is 2. The number of rotatable bonds is 7. The van der Waals surface area contributed by atoms with Gasteiger partial charge in [0.25, 0.3) is 0 Å². The van der Waals surface area contributed by atoms with E-state index in [4.69, 9.17) is 40.0 Å². The van der Waals surface area contributed by atoms with Gasteiger partial charge < -0.3 is 28.4 Å². The quantitative estimate of drug-likeness (QED) is 0.472. The van der Waals surface area contributed by atoms with Crippen molar-refractivity contribution in [2.75, 3.05) is 13.4 Å². The summed E-state index contributed by atoms with van der Waals surface area (Å²) in [5, 5.41) is 0.443. The van der Waals surface area contributed by atoms with Crippen LogP contribution in [0.3, 0.4) is 0 Å². The summed E-state index contributed by atoms with van der Waals surface area (Å²) in [5.41, 5.74) is 2.43. The normalized spacial score (nSPS) is 24.8. The number of hydrogen-bond donors (Lipinski definition) is 0. The molecule has 194 valence electrons. The Kier molecular flexibility index (Phi) is 7.95. The summed E-state index contributed by atoms with van der Waals surface area (Å²) in [4.78, 5) is 24.0. The van der Waals surface area contributed by atoms with Gasteiger partial charge in [0.1, 0.15) is 18.0 Å². The lowest BCUT2D eigenvalue weighted by Crippen LogP contribution is -2.52. The van der Waals surface area contributed by atoms with E-state index in [9.17, 15) is 9.59 Å². The minimum Gasteiger partial charge on any atom is -0.494 e. The van der Waals surface area contributed by atoms with Crippen LogP contribution in [0.1, 0.15) is 57.4 Å². The molecule has 8 nitrogen and oxygen atoms in total. The minimum atomic E-state index is -0.884. The molecule has 4 rings (SSSR count). The first-order valence-corrected chi connectivity index (χ1v) is 12.4. The smallest absolute Gasteiger partial charge is 0.303 e. The highest BCUT2D eigenvalue weighted by atomic mass is 35.5. The zero-order valence-electron chi connectivity index (χ0n) is 21.0. The molecule has 36 heavy (non-hydrogen) atoms. The van der Waals surface area contributed by atoms with Gasteiger partial charge >= 0.3 is 11.9 Å². The number of esters is 2. The minimum absolute atomic E-state index is 0.00115. The van der Waals surface area contributed by atoms with Gasteiger partial charge in [-0.25, -0.2) is 0 Å². The first-order chi connectivity index (χ1) is 17.2. The Morgan fingerprint density at radius 3 is 2.28 bits per heavy atom. The third-order valence-corrected chi connectivity index (χ3v) is 6.88. The second kappa shape index (κ2) is 11.0. The maximum Gasteiger partial charge on any atom is 0.303 e. The van der Waals surface area contributed by atoms with Crippen LogP contribution >= 0.6 is 11.6 Å². The van der Waals surface area contributed by atoms with Crippen LogP contribution in [-0.2, 0) is 30.2 Å². The molecule has 0 amide bonds. The van der Waals surface area contributed by atoms with Crippen LogP contribution in [0.4, 0.5) is 0 Å². The average Bonchev–Trinajstić information content (AvgIpc) is 3.32. The van der Waals surface area contributed by atoms with Crippen molar-refractivity contribution in [1.82, 2.24) is 0 Å². The maximum absolute atomic E-state index is 12.1. The van der Waals surface area contributed by atoms with E-state index < -0.39 is 30.3 Å². The first-order valence-electron chi connectivity index (χ1n) is 12.0. The molecule has 2 aliphatic heterocycles. The van der Waals surface area contributed by atoms with E-state index in [-0.39, 0.29) is 18.8 Å². The Hall–Kier alpha value is -2.97. The molecule has 2 heterocycles. The topological polar surface area (TPSA) is 89.5 Å². The fraction of sp³-hybridized carbons (Fsp3) is 0.481. The van der Waals surface area contributed by atoms with Crippen molar-refractivity contribution < 1.29 is 38.0 Å². The summed E-state index contributed by atoms with van der Waals surface area (Å²) < 4.78 is 34.7. The molecule has 2 aromatic carbocycles. The van der Waals surface area contributed by atoms with Crippen LogP contribution < -0.4 is 14.2 Å². The van der Waals surface area contributed by atoms with E-state index >= 15 is 0 Å². The van der Waals surface area contributed by atoms with Crippen molar-refractivity contribution in [3.8, 4) is 17.2 Å². The van der Waals surface area contributed by atoms with Crippen molar-refractivity contribution in [2.45, 2.75) is 65.5 Å².